The summed E-state index contributed by atoms with van der Waals surface area (Å²) in [7, 11) is 0. The molecular weight excluding hydrogens is 365 g/mol. The van der Waals surface area contributed by atoms with Gasteiger partial charge in [-0.3, -0.25) is 0 Å². The predicted octanol–water partition coefficient (Wildman–Crippen LogP) is 3.79. The van der Waals surface area contributed by atoms with Crippen LogP contribution in [0.1, 0.15) is 5.56 Å². The molecule has 4 N–H and O–H groups in total. The van der Waals surface area contributed by atoms with Gasteiger partial charge in [-0.2, -0.15) is 0 Å². The average Bonchev–Trinajstić information content (AvgIpc) is 2.68. The molecule has 7 nitrogen and oxygen atoms in total. The Hall–Kier alpha value is -3.81. The summed E-state index contributed by atoms with van der Waals surface area (Å²) >= 11 is 0. The SMILES string of the molecule is O=C(NCCc1ccc(O)c(O)c1)Nc1ccc(Oc2ccc(F)cc2)nc1. The van der Waals surface area contributed by atoms with Crippen LogP contribution in [-0.2, 0) is 6.42 Å². The number of nitrogens with zero attached hydrogens (tertiary/aromatic N) is 1. The second-order valence-electron chi connectivity index (χ2n) is 5.90. The van der Waals surface area contributed by atoms with Crippen molar-refractivity contribution < 1.29 is 24.1 Å². The van der Waals surface area contributed by atoms with Crippen molar-refractivity contribution >= 4 is 11.7 Å². The number of carbonyl (C=O) groups excluding carboxylic acids is 1. The van der Waals surface area contributed by atoms with E-state index < -0.39 is 6.03 Å². The summed E-state index contributed by atoms with van der Waals surface area (Å²) in [6.07, 6.45) is 1.93. The lowest BCUT2D eigenvalue weighted by atomic mass is 10.1. The minimum absolute atomic E-state index is 0.186. The van der Waals surface area contributed by atoms with Crippen molar-refractivity contribution in [3.8, 4) is 23.1 Å². The third-order valence-corrected chi connectivity index (χ3v) is 3.77. The van der Waals surface area contributed by atoms with E-state index in [-0.39, 0.29) is 17.3 Å². The van der Waals surface area contributed by atoms with Crippen molar-refractivity contribution in [3.63, 3.8) is 0 Å². The fraction of sp³-hybridized carbons (Fsp3) is 0.100. The molecule has 3 aromatic rings. The van der Waals surface area contributed by atoms with Crippen LogP contribution in [0.2, 0.25) is 0 Å². The van der Waals surface area contributed by atoms with Crippen molar-refractivity contribution in [1.82, 2.24) is 10.3 Å². The number of anilines is 1. The Labute approximate surface area is 160 Å². The third-order valence-electron chi connectivity index (χ3n) is 3.77. The van der Waals surface area contributed by atoms with Crippen LogP contribution in [0.5, 0.6) is 23.1 Å². The van der Waals surface area contributed by atoms with E-state index in [1.54, 1.807) is 18.2 Å². The number of halogens is 1. The zero-order valence-corrected chi connectivity index (χ0v) is 14.7. The lowest BCUT2D eigenvalue weighted by molar-refractivity contribution is 0.252. The highest BCUT2D eigenvalue weighted by Gasteiger charge is 2.05. The number of hydrogen-bond acceptors (Lipinski definition) is 5. The fourth-order valence-corrected chi connectivity index (χ4v) is 2.36. The number of phenolic OH excluding ortho intramolecular Hbond substituents is 2. The van der Waals surface area contributed by atoms with Gasteiger partial charge in [0.05, 0.1) is 11.9 Å². The summed E-state index contributed by atoms with van der Waals surface area (Å²) < 4.78 is 18.4. The molecule has 28 heavy (non-hydrogen) atoms. The molecule has 144 valence electrons. The maximum Gasteiger partial charge on any atom is 0.319 e. The molecule has 1 aromatic heterocycles. The first-order chi connectivity index (χ1) is 13.5. The molecule has 0 aliphatic carbocycles. The topological polar surface area (TPSA) is 104 Å². The molecule has 2 aromatic carbocycles. The Balaban J connectivity index is 1.46. The number of benzene rings is 2. The van der Waals surface area contributed by atoms with Crippen LogP contribution < -0.4 is 15.4 Å². The average molecular weight is 383 g/mol. The Morgan fingerprint density at radius 2 is 1.82 bits per heavy atom. The Morgan fingerprint density at radius 1 is 1.04 bits per heavy atom. The molecule has 0 aliphatic heterocycles. The molecule has 0 saturated heterocycles. The third kappa shape index (κ3) is 5.34. The molecule has 2 amide bonds. The second kappa shape index (κ2) is 8.72. The largest absolute Gasteiger partial charge is 0.504 e. The summed E-state index contributed by atoms with van der Waals surface area (Å²) in [4.78, 5) is 16.0. The van der Waals surface area contributed by atoms with Crippen LogP contribution in [-0.4, -0.2) is 27.8 Å². The van der Waals surface area contributed by atoms with Gasteiger partial charge in [0, 0.05) is 12.6 Å². The van der Waals surface area contributed by atoms with Gasteiger partial charge in [-0.15, -0.1) is 0 Å². The summed E-state index contributed by atoms with van der Waals surface area (Å²) in [6, 6.07) is 12.9. The van der Waals surface area contributed by atoms with Gasteiger partial charge >= 0.3 is 6.03 Å². The van der Waals surface area contributed by atoms with Gasteiger partial charge in [-0.1, -0.05) is 6.07 Å². The molecule has 0 radical (unpaired) electrons. The first-order valence-corrected chi connectivity index (χ1v) is 8.45. The number of rotatable bonds is 6. The molecular formula is C20H18FN3O4. The number of amides is 2. The van der Waals surface area contributed by atoms with E-state index in [0.717, 1.165) is 5.56 Å². The Bertz CT molecular complexity index is 947. The highest BCUT2D eigenvalue weighted by atomic mass is 19.1. The molecule has 0 spiro atoms. The number of nitrogens with one attached hydrogen (secondary N) is 2. The van der Waals surface area contributed by atoms with Crippen LogP contribution in [0.25, 0.3) is 0 Å². The van der Waals surface area contributed by atoms with Gasteiger partial charge in [0.25, 0.3) is 0 Å². The minimum Gasteiger partial charge on any atom is -0.504 e. The predicted molar refractivity (Wildman–Crippen MR) is 101 cm³/mol. The van der Waals surface area contributed by atoms with Crippen LogP contribution >= 0.6 is 0 Å². The van der Waals surface area contributed by atoms with E-state index >= 15 is 0 Å². The van der Waals surface area contributed by atoms with Gasteiger partial charge in [-0.05, 0) is 54.4 Å². The maximum absolute atomic E-state index is 12.9. The summed E-state index contributed by atoms with van der Waals surface area (Å²) in [5.74, 6) is 0.0233. The smallest absolute Gasteiger partial charge is 0.319 e. The van der Waals surface area contributed by atoms with Crippen LogP contribution in [0.3, 0.4) is 0 Å². The van der Waals surface area contributed by atoms with Crippen LogP contribution in [0.4, 0.5) is 14.9 Å². The standard InChI is InChI=1S/C20H18FN3O4/c21-14-2-5-16(6-3-14)28-19-8-4-15(12-23-19)24-20(27)22-10-9-13-1-7-17(25)18(26)11-13/h1-8,11-12,25-26H,9-10H2,(H2,22,24,27). The van der Waals surface area contributed by atoms with Crippen LogP contribution in [0.15, 0.2) is 60.8 Å². The molecule has 8 heteroatoms. The van der Waals surface area contributed by atoms with Crippen molar-refractivity contribution in [3.05, 3.63) is 72.2 Å². The molecule has 0 saturated carbocycles. The first kappa shape index (κ1) is 19.0. The molecule has 0 atom stereocenters. The van der Waals surface area contributed by atoms with E-state index in [1.165, 1.54) is 42.6 Å². The highest BCUT2D eigenvalue weighted by Crippen LogP contribution is 2.25. The number of aromatic hydroxyl groups is 2. The van der Waals surface area contributed by atoms with Gasteiger partial charge in [0.1, 0.15) is 11.6 Å². The summed E-state index contributed by atoms with van der Waals surface area (Å²) in [5, 5.41) is 24.0. The normalized spacial score (nSPS) is 10.3. The van der Waals surface area contributed by atoms with Gasteiger partial charge < -0.3 is 25.6 Å². The number of ether oxygens (including phenoxy) is 1. The number of pyridine rings is 1. The summed E-state index contributed by atoms with van der Waals surface area (Å²) in [5.41, 5.74) is 1.26. The molecule has 0 unspecified atom stereocenters. The number of carbonyl (C=O) groups is 1. The van der Waals surface area contributed by atoms with E-state index in [0.29, 0.717) is 30.3 Å². The molecule has 3 rings (SSSR count). The first-order valence-electron chi connectivity index (χ1n) is 8.45. The van der Waals surface area contributed by atoms with Crippen LogP contribution in [0, 0.1) is 5.82 Å². The van der Waals surface area contributed by atoms with E-state index in [1.807, 2.05) is 0 Å². The monoisotopic (exact) mass is 383 g/mol. The van der Waals surface area contributed by atoms with E-state index in [9.17, 15) is 19.4 Å². The Kier molecular flexibility index (Phi) is 5.91. The molecule has 1 heterocycles. The highest BCUT2D eigenvalue weighted by molar-refractivity contribution is 5.89. The van der Waals surface area contributed by atoms with Gasteiger partial charge in [-0.25, -0.2) is 14.2 Å². The lowest BCUT2D eigenvalue weighted by Crippen LogP contribution is -2.30. The van der Waals surface area contributed by atoms with Crippen molar-refractivity contribution in [2.45, 2.75) is 6.42 Å². The van der Waals surface area contributed by atoms with Crippen molar-refractivity contribution in [1.29, 1.82) is 0 Å². The molecule has 0 bridgehead atoms. The zero-order chi connectivity index (χ0) is 19.9. The lowest BCUT2D eigenvalue weighted by Gasteiger charge is -2.09. The molecule has 0 fully saturated rings. The number of phenols is 2. The van der Waals surface area contributed by atoms with Crippen molar-refractivity contribution in [2.24, 2.45) is 0 Å². The number of hydrogen-bond donors (Lipinski definition) is 4. The van der Waals surface area contributed by atoms with Gasteiger partial charge in [0.15, 0.2) is 11.5 Å². The Morgan fingerprint density at radius 3 is 2.50 bits per heavy atom. The molecule has 0 aliphatic rings. The number of urea groups is 1. The summed E-state index contributed by atoms with van der Waals surface area (Å²) in [6.45, 7) is 0.342. The quantitative estimate of drug-likeness (QED) is 0.485. The minimum atomic E-state index is -0.406. The second-order valence-corrected chi connectivity index (χ2v) is 5.90. The van der Waals surface area contributed by atoms with E-state index in [2.05, 4.69) is 15.6 Å². The van der Waals surface area contributed by atoms with E-state index in [4.69, 9.17) is 4.74 Å². The van der Waals surface area contributed by atoms with Crippen molar-refractivity contribution in [2.75, 3.05) is 11.9 Å². The fourth-order valence-electron chi connectivity index (χ4n) is 2.36. The van der Waals surface area contributed by atoms with Gasteiger partial charge in [0.2, 0.25) is 5.88 Å². The number of aromatic nitrogens is 1. The zero-order valence-electron chi connectivity index (χ0n) is 14.7. The maximum atomic E-state index is 12.9.